The van der Waals surface area contributed by atoms with Gasteiger partial charge < -0.3 is 19.5 Å². The monoisotopic (exact) mass is 526 g/mol. The van der Waals surface area contributed by atoms with E-state index in [2.05, 4.69) is 10.1 Å². The number of ether oxygens (including phenoxy) is 3. The van der Waals surface area contributed by atoms with Crippen LogP contribution in [0.15, 0.2) is 84.4 Å². The summed E-state index contributed by atoms with van der Waals surface area (Å²) in [5.74, 6) is -0.395. The van der Waals surface area contributed by atoms with E-state index < -0.39 is 11.9 Å². The van der Waals surface area contributed by atoms with Crippen LogP contribution in [0.5, 0.6) is 11.5 Å². The largest absolute Gasteiger partial charge is 0.493 e. The summed E-state index contributed by atoms with van der Waals surface area (Å²) in [5, 5.41) is 14.7. The van der Waals surface area contributed by atoms with Gasteiger partial charge in [-0.25, -0.2) is 4.79 Å². The molecular weight excluding hydrogens is 504 g/mol. The van der Waals surface area contributed by atoms with Gasteiger partial charge in [0, 0.05) is 5.69 Å². The molecule has 0 heterocycles. The number of methoxy groups -OCH3 is 2. The van der Waals surface area contributed by atoms with E-state index in [1.54, 1.807) is 24.3 Å². The number of fused-ring (bicyclic) bond motifs is 1. The second-order valence-corrected chi connectivity index (χ2v) is 8.56. The standard InChI is InChI=1S/C30H23ClN2O5/c1-36-27-16-19(14-23(17-32)29(34)33-24-12-10-21(11-13-24)30(35)37-2)15-26(31)28(27)38-18-22-8-5-7-20-6-3-4-9-25(20)22/h3-16H,18H2,1-2H3,(H,33,34)/b23-14+. The van der Waals surface area contributed by atoms with Crippen LogP contribution < -0.4 is 14.8 Å². The highest BCUT2D eigenvalue weighted by Gasteiger charge is 2.15. The van der Waals surface area contributed by atoms with Gasteiger partial charge in [-0.1, -0.05) is 54.1 Å². The maximum atomic E-state index is 12.7. The second-order valence-electron chi connectivity index (χ2n) is 8.15. The third-order valence-electron chi connectivity index (χ3n) is 5.74. The normalized spacial score (nSPS) is 10.9. The molecule has 0 unspecified atom stereocenters. The topological polar surface area (TPSA) is 97.7 Å². The van der Waals surface area contributed by atoms with Crippen LogP contribution in [0.1, 0.15) is 21.5 Å². The van der Waals surface area contributed by atoms with Gasteiger partial charge in [0.05, 0.1) is 24.8 Å². The maximum absolute atomic E-state index is 12.7. The summed E-state index contributed by atoms with van der Waals surface area (Å²) in [5.41, 5.74) is 2.08. The summed E-state index contributed by atoms with van der Waals surface area (Å²) in [4.78, 5) is 24.3. The quantitative estimate of drug-likeness (QED) is 0.162. The molecule has 0 atom stereocenters. The Morgan fingerprint density at radius 1 is 1.00 bits per heavy atom. The number of carbonyl (C=O) groups excluding carboxylic acids is 2. The zero-order chi connectivity index (χ0) is 27.1. The predicted octanol–water partition coefficient (Wildman–Crippen LogP) is 6.41. The van der Waals surface area contributed by atoms with Crippen molar-refractivity contribution >= 4 is 46.0 Å². The summed E-state index contributed by atoms with van der Waals surface area (Å²) in [6.07, 6.45) is 1.40. The van der Waals surface area contributed by atoms with E-state index in [0.29, 0.717) is 28.3 Å². The van der Waals surface area contributed by atoms with Crippen molar-refractivity contribution in [1.82, 2.24) is 0 Å². The lowest BCUT2D eigenvalue weighted by Crippen LogP contribution is -2.13. The first kappa shape index (κ1) is 26.3. The van der Waals surface area contributed by atoms with E-state index in [4.69, 9.17) is 21.1 Å². The van der Waals surface area contributed by atoms with Crippen molar-refractivity contribution in [2.75, 3.05) is 19.5 Å². The Bertz CT molecular complexity index is 1570. The summed E-state index contributed by atoms with van der Waals surface area (Å²) in [6.45, 7) is 0.271. The van der Waals surface area contributed by atoms with Gasteiger partial charge in [-0.2, -0.15) is 5.26 Å². The van der Waals surface area contributed by atoms with Crippen LogP contribution >= 0.6 is 11.6 Å². The van der Waals surface area contributed by atoms with Crippen molar-refractivity contribution in [3.63, 3.8) is 0 Å². The molecule has 0 saturated carbocycles. The molecule has 1 N–H and O–H groups in total. The van der Waals surface area contributed by atoms with Crippen LogP contribution in [0, 0.1) is 11.3 Å². The number of hydrogen-bond acceptors (Lipinski definition) is 6. The first-order valence-corrected chi connectivity index (χ1v) is 11.9. The third-order valence-corrected chi connectivity index (χ3v) is 6.02. The van der Waals surface area contributed by atoms with Crippen molar-refractivity contribution < 1.29 is 23.8 Å². The number of halogens is 1. The van der Waals surface area contributed by atoms with Crippen molar-refractivity contribution in [2.24, 2.45) is 0 Å². The van der Waals surface area contributed by atoms with E-state index in [1.807, 2.05) is 48.5 Å². The molecule has 0 aromatic heterocycles. The van der Waals surface area contributed by atoms with Crippen molar-refractivity contribution in [1.29, 1.82) is 5.26 Å². The van der Waals surface area contributed by atoms with Gasteiger partial charge in [0.25, 0.3) is 5.91 Å². The fraction of sp³-hybridized carbons (Fsp3) is 0.100. The Balaban J connectivity index is 1.53. The first-order chi connectivity index (χ1) is 18.4. The molecule has 1 amide bonds. The number of anilines is 1. The Morgan fingerprint density at radius 3 is 2.45 bits per heavy atom. The molecule has 8 heteroatoms. The number of nitrogens with zero attached hydrogens (tertiary/aromatic N) is 1. The van der Waals surface area contributed by atoms with Gasteiger partial charge in [0.15, 0.2) is 11.5 Å². The minimum absolute atomic E-state index is 0.149. The van der Waals surface area contributed by atoms with E-state index in [1.165, 1.54) is 32.4 Å². The minimum Gasteiger partial charge on any atom is -0.493 e. The number of nitrogens with one attached hydrogen (secondary N) is 1. The fourth-order valence-corrected chi connectivity index (χ4v) is 4.13. The van der Waals surface area contributed by atoms with Crippen LogP contribution in [0.25, 0.3) is 16.8 Å². The summed E-state index contributed by atoms with van der Waals surface area (Å²) in [7, 11) is 2.77. The maximum Gasteiger partial charge on any atom is 0.337 e. The van der Waals surface area contributed by atoms with Gasteiger partial charge in [0.2, 0.25) is 0 Å². The first-order valence-electron chi connectivity index (χ1n) is 11.5. The van der Waals surface area contributed by atoms with Crippen molar-refractivity contribution in [3.05, 3.63) is 106 Å². The van der Waals surface area contributed by atoms with Gasteiger partial charge >= 0.3 is 5.97 Å². The zero-order valence-electron chi connectivity index (χ0n) is 20.7. The minimum atomic E-state index is -0.621. The Hall–Kier alpha value is -4.80. The van der Waals surface area contributed by atoms with Crippen LogP contribution in [0.4, 0.5) is 5.69 Å². The molecule has 0 bridgehead atoms. The van der Waals surface area contributed by atoms with E-state index in [-0.39, 0.29) is 17.2 Å². The van der Waals surface area contributed by atoms with Gasteiger partial charge in [-0.15, -0.1) is 0 Å². The van der Waals surface area contributed by atoms with E-state index in [9.17, 15) is 14.9 Å². The molecule has 4 aromatic carbocycles. The molecule has 38 heavy (non-hydrogen) atoms. The molecule has 0 radical (unpaired) electrons. The molecule has 0 aliphatic carbocycles. The van der Waals surface area contributed by atoms with E-state index >= 15 is 0 Å². The SMILES string of the molecule is COC(=O)c1ccc(NC(=O)/C(C#N)=C/c2cc(Cl)c(OCc3cccc4ccccc34)c(OC)c2)cc1. The van der Waals surface area contributed by atoms with E-state index in [0.717, 1.165) is 16.3 Å². The number of carbonyl (C=O) groups is 2. The van der Waals surface area contributed by atoms with Crippen molar-refractivity contribution in [3.8, 4) is 17.6 Å². The lowest BCUT2D eigenvalue weighted by Gasteiger charge is -2.14. The molecule has 0 aliphatic heterocycles. The van der Waals surface area contributed by atoms with Crippen molar-refractivity contribution in [2.45, 2.75) is 6.61 Å². The number of esters is 1. The van der Waals surface area contributed by atoms with Gasteiger partial charge in [-0.3, -0.25) is 4.79 Å². The number of benzene rings is 4. The van der Waals surface area contributed by atoms with Gasteiger partial charge in [0.1, 0.15) is 18.2 Å². The third kappa shape index (κ3) is 5.94. The van der Waals surface area contributed by atoms with Crippen LogP contribution in [0.2, 0.25) is 5.02 Å². The molecule has 0 aliphatic rings. The average Bonchev–Trinajstić information content (AvgIpc) is 2.94. The molecule has 0 saturated heterocycles. The fourth-order valence-electron chi connectivity index (χ4n) is 3.85. The molecule has 4 aromatic rings. The molecule has 190 valence electrons. The number of rotatable bonds is 8. The average molecular weight is 527 g/mol. The Morgan fingerprint density at radius 2 is 1.74 bits per heavy atom. The highest BCUT2D eigenvalue weighted by Crippen LogP contribution is 2.38. The lowest BCUT2D eigenvalue weighted by molar-refractivity contribution is -0.112. The highest BCUT2D eigenvalue weighted by atomic mass is 35.5. The number of hydrogen-bond donors (Lipinski definition) is 1. The molecule has 0 fully saturated rings. The smallest absolute Gasteiger partial charge is 0.337 e. The molecular formula is C30H23ClN2O5. The Labute approximate surface area is 224 Å². The predicted molar refractivity (Wildman–Crippen MR) is 146 cm³/mol. The second kappa shape index (κ2) is 12.0. The molecule has 0 spiro atoms. The summed E-state index contributed by atoms with van der Waals surface area (Å²) < 4.78 is 16.2. The zero-order valence-corrected chi connectivity index (χ0v) is 21.4. The van der Waals surface area contributed by atoms with Gasteiger partial charge in [-0.05, 0) is 64.4 Å². The molecule has 7 nitrogen and oxygen atoms in total. The molecule has 4 rings (SSSR count). The van der Waals surface area contributed by atoms with Crippen LogP contribution in [-0.4, -0.2) is 26.1 Å². The highest BCUT2D eigenvalue weighted by molar-refractivity contribution is 6.32. The van der Waals surface area contributed by atoms with Crippen LogP contribution in [0.3, 0.4) is 0 Å². The van der Waals surface area contributed by atoms with Crippen LogP contribution in [-0.2, 0) is 16.1 Å². The number of amides is 1. The summed E-state index contributed by atoms with van der Waals surface area (Å²) >= 11 is 6.53. The Kier molecular flexibility index (Phi) is 8.27. The number of nitriles is 1. The summed E-state index contributed by atoms with van der Waals surface area (Å²) in [6, 6.07) is 25.3. The lowest BCUT2D eigenvalue weighted by atomic mass is 10.1.